The molecule has 9 heteroatoms. The molecule has 0 atom stereocenters. The zero-order chi connectivity index (χ0) is 20.5. The molecule has 30 heavy (non-hydrogen) atoms. The lowest BCUT2D eigenvalue weighted by molar-refractivity contribution is 0.0306. The summed E-state index contributed by atoms with van der Waals surface area (Å²) >= 11 is 0. The van der Waals surface area contributed by atoms with E-state index in [4.69, 9.17) is 0 Å². The molecule has 0 N–H and O–H groups in total. The number of nitrogens with zero attached hydrogens (tertiary/aromatic N) is 7. The molecule has 7 nitrogen and oxygen atoms in total. The van der Waals surface area contributed by atoms with Crippen LogP contribution in [0.5, 0.6) is 0 Å². The lowest BCUT2D eigenvalue weighted by atomic mass is 10.0. The summed E-state index contributed by atoms with van der Waals surface area (Å²) in [5, 5.41) is 16.4. The van der Waals surface area contributed by atoms with Gasteiger partial charge in [0.05, 0.1) is 23.6 Å². The molecule has 150 valence electrons. The summed E-state index contributed by atoms with van der Waals surface area (Å²) in [4.78, 5) is 4.37. The smallest absolute Gasteiger partial charge is 0.269 e. The van der Waals surface area contributed by atoms with Crippen molar-refractivity contribution in [3.63, 3.8) is 0 Å². The van der Waals surface area contributed by atoms with E-state index in [0.29, 0.717) is 18.2 Å². The molecule has 0 saturated heterocycles. The van der Waals surface area contributed by atoms with Gasteiger partial charge in [0.1, 0.15) is 0 Å². The lowest BCUT2D eigenvalue weighted by Gasteiger charge is -2.15. The molecule has 0 unspecified atom stereocenters. The minimum absolute atomic E-state index is 0.144. The van der Waals surface area contributed by atoms with Gasteiger partial charge >= 0.3 is 5.92 Å². The number of halogens is 2. The van der Waals surface area contributed by atoms with E-state index < -0.39 is 11.7 Å². The van der Waals surface area contributed by atoms with Crippen molar-refractivity contribution in [3.8, 4) is 11.3 Å². The highest BCUT2D eigenvalue weighted by atomic mass is 19.3. The number of rotatable bonds is 4. The van der Waals surface area contributed by atoms with Crippen LogP contribution in [0.25, 0.3) is 16.9 Å². The van der Waals surface area contributed by atoms with E-state index in [9.17, 15) is 0 Å². The third-order valence-corrected chi connectivity index (χ3v) is 5.56. The highest BCUT2D eigenvalue weighted by molar-refractivity contribution is 5.92. The number of alkyl halides is 2. The van der Waals surface area contributed by atoms with Crippen molar-refractivity contribution < 1.29 is 8.78 Å². The van der Waals surface area contributed by atoms with E-state index >= 15 is 8.78 Å². The summed E-state index contributed by atoms with van der Waals surface area (Å²) in [7, 11) is 0. The molecular weight excluding hydrogens is 388 g/mol. The standard InChI is InChI=1S/C21H17F2N7/c1-12-8-13-9-15(2-5-17(13)25-12)21(22,23)20-27-26-19-7-6-18(28-30(19)20)14-10-24-29(11-14)16-3-4-16/h2,5-7,9-11,16H,3-4,8H2,1H3. The van der Waals surface area contributed by atoms with E-state index in [-0.39, 0.29) is 11.2 Å². The molecule has 0 bridgehead atoms. The van der Waals surface area contributed by atoms with E-state index in [1.165, 1.54) is 12.1 Å². The maximum atomic E-state index is 15.5. The minimum atomic E-state index is -3.35. The van der Waals surface area contributed by atoms with Gasteiger partial charge in [-0.1, -0.05) is 6.07 Å². The van der Waals surface area contributed by atoms with Crippen LogP contribution in [-0.4, -0.2) is 35.3 Å². The van der Waals surface area contributed by atoms with Gasteiger partial charge in [-0.15, -0.1) is 10.2 Å². The Hall–Kier alpha value is -3.49. The van der Waals surface area contributed by atoms with Crippen molar-refractivity contribution in [3.05, 3.63) is 59.7 Å². The highest BCUT2D eigenvalue weighted by Gasteiger charge is 2.40. The van der Waals surface area contributed by atoms with Crippen molar-refractivity contribution in [2.24, 2.45) is 4.99 Å². The van der Waals surface area contributed by atoms with Gasteiger partial charge in [-0.05, 0) is 49.6 Å². The molecule has 1 aromatic carbocycles. The molecule has 2 aliphatic rings. The first-order valence-electron chi connectivity index (χ1n) is 9.82. The maximum Gasteiger partial charge on any atom is 0.333 e. The lowest BCUT2D eigenvalue weighted by Crippen LogP contribution is -2.20. The molecule has 3 aromatic heterocycles. The fourth-order valence-corrected chi connectivity index (χ4v) is 3.83. The van der Waals surface area contributed by atoms with Gasteiger partial charge in [0.2, 0.25) is 5.82 Å². The van der Waals surface area contributed by atoms with Gasteiger partial charge in [0.25, 0.3) is 0 Å². The molecule has 0 spiro atoms. The molecule has 1 aliphatic heterocycles. The quantitative estimate of drug-likeness (QED) is 0.512. The Morgan fingerprint density at radius 2 is 1.97 bits per heavy atom. The summed E-state index contributed by atoms with van der Waals surface area (Å²) in [5.41, 5.74) is 3.89. The van der Waals surface area contributed by atoms with Gasteiger partial charge in [0.15, 0.2) is 5.65 Å². The Labute approximate surface area is 170 Å². The second kappa shape index (κ2) is 6.01. The Kier molecular flexibility index (Phi) is 3.48. The van der Waals surface area contributed by atoms with Crippen LogP contribution in [-0.2, 0) is 12.3 Å². The van der Waals surface area contributed by atoms with Gasteiger partial charge in [-0.3, -0.25) is 9.67 Å². The Morgan fingerprint density at radius 3 is 2.80 bits per heavy atom. The van der Waals surface area contributed by atoms with E-state index in [1.54, 1.807) is 24.4 Å². The third-order valence-electron chi connectivity index (χ3n) is 5.56. The Morgan fingerprint density at radius 1 is 1.10 bits per heavy atom. The second-order valence-corrected chi connectivity index (χ2v) is 7.89. The Balaban J connectivity index is 1.42. The molecule has 0 radical (unpaired) electrons. The first kappa shape index (κ1) is 17.4. The summed E-state index contributed by atoms with van der Waals surface area (Å²) in [6.07, 6.45) is 6.41. The second-order valence-electron chi connectivity index (χ2n) is 7.89. The summed E-state index contributed by atoms with van der Waals surface area (Å²) in [6, 6.07) is 8.35. The summed E-state index contributed by atoms with van der Waals surface area (Å²) < 4.78 is 33.9. The molecule has 4 aromatic rings. The highest BCUT2D eigenvalue weighted by Crippen LogP contribution is 2.38. The number of aromatic nitrogens is 6. The van der Waals surface area contributed by atoms with Gasteiger partial charge in [-0.25, -0.2) is 0 Å². The Bertz CT molecular complexity index is 1330. The molecule has 1 saturated carbocycles. The largest absolute Gasteiger partial charge is 0.333 e. The molecular formula is C21H17F2N7. The van der Waals surface area contributed by atoms with Crippen LogP contribution in [0.1, 0.15) is 42.8 Å². The number of aliphatic imine (C=N–C) groups is 1. The predicted octanol–water partition coefficient (Wildman–Crippen LogP) is 4.11. The number of benzene rings is 1. The monoisotopic (exact) mass is 405 g/mol. The van der Waals surface area contributed by atoms with Crippen molar-refractivity contribution in [2.45, 2.75) is 38.2 Å². The van der Waals surface area contributed by atoms with Gasteiger partial charge in [0, 0.05) is 29.5 Å². The fraction of sp³-hybridized carbons (Fsp3) is 0.286. The van der Waals surface area contributed by atoms with Crippen molar-refractivity contribution in [1.29, 1.82) is 0 Å². The number of fused-ring (bicyclic) bond motifs is 2. The van der Waals surface area contributed by atoms with Crippen LogP contribution in [0.2, 0.25) is 0 Å². The number of hydrogen-bond donors (Lipinski definition) is 0. The normalized spacial score (nSPS) is 16.2. The van der Waals surface area contributed by atoms with E-state index in [2.05, 4.69) is 25.4 Å². The van der Waals surface area contributed by atoms with Gasteiger partial charge in [-0.2, -0.15) is 23.5 Å². The van der Waals surface area contributed by atoms with E-state index in [0.717, 1.165) is 39.9 Å². The van der Waals surface area contributed by atoms with Crippen molar-refractivity contribution >= 4 is 17.0 Å². The first-order valence-corrected chi connectivity index (χ1v) is 9.82. The van der Waals surface area contributed by atoms with Crippen LogP contribution < -0.4 is 0 Å². The first-order chi connectivity index (χ1) is 14.5. The zero-order valence-electron chi connectivity index (χ0n) is 16.1. The summed E-state index contributed by atoms with van der Waals surface area (Å²) in [6.45, 7) is 1.89. The topological polar surface area (TPSA) is 73.3 Å². The van der Waals surface area contributed by atoms with Crippen LogP contribution in [0.3, 0.4) is 0 Å². The van der Waals surface area contributed by atoms with Crippen LogP contribution in [0.4, 0.5) is 14.5 Å². The van der Waals surface area contributed by atoms with Crippen LogP contribution in [0.15, 0.2) is 47.7 Å². The third kappa shape index (κ3) is 2.65. The van der Waals surface area contributed by atoms with Gasteiger partial charge < -0.3 is 0 Å². The molecule has 6 rings (SSSR count). The van der Waals surface area contributed by atoms with Crippen molar-refractivity contribution in [2.75, 3.05) is 0 Å². The molecule has 0 amide bonds. The SMILES string of the molecule is CC1=Nc2ccc(C(F)(F)c3nnc4ccc(-c5cnn(C6CC6)c5)nn34)cc2C1. The average Bonchev–Trinajstić information content (AvgIpc) is 3.15. The molecule has 1 fully saturated rings. The zero-order valence-corrected chi connectivity index (χ0v) is 16.1. The predicted molar refractivity (Wildman–Crippen MR) is 106 cm³/mol. The number of hydrogen-bond acceptors (Lipinski definition) is 5. The average molecular weight is 405 g/mol. The molecule has 4 heterocycles. The fourth-order valence-electron chi connectivity index (χ4n) is 3.83. The van der Waals surface area contributed by atoms with Crippen LogP contribution in [0, 0.1) is 0 Å². The van der Waals surface area contributed by atoms with Crippen LogP contribution >= 0.6 is 0 Å². The maximum absolute atomic E-state index is 15.5. The minimum Gasteiger partial charge on any atom is -0.269 e. The molecule has 1 aliphatic carbocycles. The summed E-state index contributed by atoms with van der Waals surface area (Å²) in [5.74, 6) is -3.86. The van der Waals surface area contributed by atoms with E-state index in [1.807, 2.05) is 17.8 Å². The van der Waals surface area contributed by atoms with Crippen molar-refractivity contribution in [1.82, 2.24) is 29.6 Å².